The van der Waals surface area contributed by atoms with Crippen molar-refractivity contribution in [1.29, 1.82) is 0 Å². The quantitative estimate of drug-likeness (QED) is 0.108. The first-order chi connectivity index (χ1) is 21.6. The van der Waals surface area contributed by atoms with Crippen molar-refractivity contribution in [2.45, 2.75) is 28.1 Å². The van der Waals surface area contributed by atoms with Gasteiger partial charge in [0.05, 0.1) is 46.0 Å². The van der Waals surface area contributed by atoms with Gasteiger partial charge in [-0.3, -0.25) is 4.79 Å². The molecule has 0 amide bonds. The Hall–Kier alpha value is -2.51. The number of carbonyl (C=O) groups excluding carboxylic acids is 1. The molecule has 0 unspecified atom stereocenters. The van der Waals surface area contributed by atoms with Crippen LogP contribution >= 0.6 is 46.4 Å². The van der Waals surface area contributed by atoms with Gasteiger partial charge in [0.1, 0.15) is 28.7 Å². The molecule has 2 aromatic heterocycles. The summed E-state index contributed by atoms with van der Waals surface area (Å²) in [5, 5.41) is 26.2. The van der Waals surface area contributed by atoms with Gasteiger partial charge in [-0.1, -0.05) is 61.3 Å². The number of aromatic carboxylic acids is 1. The number of pyridine rings is 2. The topological polar surface area (TPSA) is 219 Å². The van der Waals surface area contributed by atoms with Crippen LogP contribution in [0, 0.1) is 34.6 Å². The zero-order chi connectivity index (χ0) is 35.0. The molecule has 21 heteroatoms. The van der Waals surface area contributed by atoms with Crippen molar-refractivity contribution in [2.75, 3.05) is 11.5 Å². The molecule has 0 saturated carbocycles. The summed E-state index contributed by atoms with van der Waals surface area (Å²) in [7, 11) is 0. The number of hydrogen-bond acceptors (Lipinski definition) is 10. The number of aliphatic hydroxyl groups is 2. The summed E-state index contributed by atoms with van der Waals surface area (Å²) in [5.74, 6) is -5.75. The molecule has 4 aromatic rings. The minimum atomic E-state index is -1.55. The van der Waals surface area contributed by atoms with E-state index in [1.54, 1.807) is 0 Å². The van der Waals surface area contributed by atoms with Gasteiger partial charge in [0, 0.05) is 32.3 Å². The number of carboxylic acids is 1. The van der Waals surface area contributed by atoms with Gasteiger partial charge in [0.2, 0.25) is 0 Å². The fourth-order valence-corrected chi connectivity index (χ4v) is 4.36. The second kappa shape index (κ2) is 21.6. The van der Waals surface area contributed by atoms with Crippen LogP contribution in [-0.2, 0) is 13.2 Å². The van der Waals surface area contributed by atoms with Crippen molar-refractivity contribution in [3.63, 3.8) is 0 Å². The number of aromatic nitrogens is 2. The maximum atomic E-state index is 14.3. The minimum absolute atomic E-state index is 0. The molecule has 0 aliphatic carbocycles. The molecule has 0 bridgehead atoms. The van der Waals surface area contributed by atoms with Crippen molar-refractivity contribution in [1.82, 2.24) is 9.97 Å². The summed E-state index contributed by atoms with van der Waals surface area (Å²) in [6, 6.07) is 4.77. The van der Waals surface area contributed by atoms with Gasteiger partial charge in [-0.05, 0) is 24.3 Å². The number of benzene rings is 2. The normalized spacial score (nSPS) is 9.80. The number of aliphatic hydroxyl groups excluding tert-OH is 2. The number of rotatable bonds is 6. The van der Waals surface area contributed by atoms with E-state index in [-0.39, 0.29) is 88.1 Å². The Morgan fingerprint density at radius 2 is 1.14 bits per heavy atom. The molecular formula is C28H24Cl5F4N4NaO7. The summed E-state index contributed by atoms with van der Waals surface area (Å²) in [5.41, 5.74) is 6.36. The summed E-state index contributed by atoms with van der Waals surface area (Å²) in [6.07, 6.45) is 0.280. The monoisotopic (exact) mass is 802 g/mol. The molecule has 0 saturated heterocycles. The molecule has 262 valence electrons. The molecule has 4 rings (SSSR count). The Kier molecular flexibility index (Phi) is 21.5. The summed E-state index contributed by atoms with van der Waals surface area (Å²) in [6.45, 7) is -1.40. The number of nitrogens with zero attached hydrogens (tertiary/aromatic N) is 2. The number of carboxylic acid groups (broad SMARTS) is 1. The van der Waals surface area contributed by atoms with E-state index in [0.29, 0.717) is 0 Å². The molecule has 0 fully saturated rings. The average molecular weight is 805 g/mol. The first kappa shape index (κ1) is 48.6. The van der Waals surface area contributed by atoms with Crippen molar-refractivity contribution < 1.29 is 92.7 Å². The SMILES string of the molecule is C.C.Nc1c(F)c(-c2ccc(Cl)c(CO)c2F)nc(C(=O)O)c1Cl.Nc1c(F)c(-c2ccc(Cl)c(CO)c2F)nc(C=O)c1Cl.[Na+].[O-][Cl+][O-]. The third kappa shape index (κ3) is 10.7. The van der Waals surface area contributed by atoms with Crippen LogP contribution in [0.2, 0.25) is 20.1 Å². The largest absolute Gasteiger partial charge is 1.00 e. The molecule has 11 nitrogen and oxygen atoms in total. The van der Waals surface area contributed by atoms with Crippen molar-refractivity contribution >= 4 is 70.0 Å². The van der Waals surface area contributed by atoms with Crippen molar-refractivity contribution in [3.05, 3.63) is 90.1 Å². The van der Waals surface area contributed by atoms with E-state index in [1.165, 1.54) is 18.2 Å². The summed E-state index contributed by atoms with van der Waals surface area (Å²) >= 11 is 22.3. The van der Waals surface area contributed by atoms with Crippen LogP contribution < -0.4 is 50.3 Å². The predicted molar refractivity (Wildman–Crippen MR) is 166 cm³/mol. The van der Waals surface area contributed by atoms with Gasteiger partial charge >= 0.3 is 35.5 Å². The Morgan fingerprint density at radius 1 is 0.776 bits per heavy atom. The smallest absolute Gasteiger partial charge is 0.544 e. The fraction of sp³-hybridized carbons (Fsp3) is 0.143. The van der Waals surface area contributed by atoms with Crippen LogP contribution in [0.15, 0.2) is 24.3 Å². The zero-order valence-corrected chi connectivity index (χ0v) is 29.0. The maximum absolute atomic E-state index is 14.3. The van der Waals surface area contributed by atoms with Crippen molar-refractivity contribution in [2.24, 2.45) is 0 Å². The average Bonchev–Trinajstić information content (AvgIpc) is 3.01. The van der Waals surface area contributed by atoms with Gasteiger partial charge in [0.25, 0.3) is 0 Å². The van der Waals surface area contributed by atoms with Crippen LogP contribution in [0.5, 0.6) is 0 Å². The van der Waals surface area contributed by atoms with E-state index in [1.807, 2.05) is 0 Å². The first-order valence-electron chi connectivity index (χ1n) is 11.7. The number of anilines is 2. The van der Waals surface area contributed by atoms with E-state index in [4.69, 9.17) is 82.5 Å². The second-order valence-corrected chi connectivity index (χ2v) is 10.0. The number of nitrogen functional groups attached to an aromatic ring is 2. The van der Waals surface area contributed by atoms with Gasteiger partial charge in [0.15, 0.2) is 23.6 Å². The molecule has 0 aliphatic heterocycles. The van der Waals surface area contributed by atoms with Crippen molar-refractivity contribution in [3.8, 4) is 22.5 Å². The molecular weight excluding hydrogens is 781 g/mol. The number of aldehydes is 1. The van der Waals surface area contributed by atoms with Crippen LogP contribution in [-0.4, -0.2) is 37.5 Å². The molecule has 49 heavy (non-hydrogen) atoms. The molecule has 0 atom stereocenters. The third-order valence-corrected chi connectivity index (χ3v) is 7.25. The summed E-state index contributed by atoms with van der Waals surface area (Å²) < 4.78 is 73.3. The van der Waals surface area contributed by atoms with Gasteiger partial charge < -0.3 is 36.1 Å². The Morgan fingerprint density at radius 3 is 1.49 bits per heavy atom. The standard InChI is InChI=1S/C13H8Cl2F2N2O3.C13H8Cl2F2N2O2.2CH4.ClO2.Na/c14-6-2-1-4(8(16)5(6)3-20)11-9(17)10(18)7(15)12(19-11)13(21)22;14-7-2-1-5(10(16)6(7)3-20)13-11(17)12(18)9(15)8(4-21)19-13;;;2-1-3;/h1-2,20H,3H2,(H2,18,19)(H,21,22);1-2,4,20H,3H2,(H2,18,19);2*1H4;;/q;;;;-1;+1. The van der Waals surface area contributed by atoms with Gasteiger partial charge in [-0.2, -0.15) is 0 Å². The molecule has 0 spiro atoms. The molecule has 0 aliphatic rings. The molecule has 2 aromatic carbocycles. The Labute approximate surface area is 322 Å². The summed E-state index contributed by atoms with van der Waals surface area (Å²) in [4.78, 5) is 29.1. The van der Waals surface area contributed by atoms with E-state index in [0.717, 1.165) is 6.07 Å². The van der Waals surface area contributed by atoms with E-state index in [2.05, 4.69) is 9.97 Å². The zero-order valence-electron chi connectivity index (χ0n) is 23.2. The van der Waals surface area contributed by atoms with E-state index < -0.39 is 92.8 Å². The molecule has 0 radical (unpaired) electrons. The second-order valence-electron chi connectivity index (χ2n) is 8.32. The van der Waals surface area contributed by atoms with E-state index >= 15 is 0 Å². The van der Waals surface area contributed by atoms with Gasteiger partial charge in [-0.25, -0.2) is 32.3 Å². The fourth-order valence-electron chi connectivity index (χ4n) is 3.57. The maximum Gasteiger partial charge on any atom is 1.00 e. The van der Waals surface area contributed by atoms with Crippen LogP contribution in [0.25, 0.3) is 22.5 Å². The number of carbonyl (C=O) groups is 2. The predicted octanol–water partition coefficient (Wildman–Crippen LogP) is 2.23. The van der Waals surface area contributed by atoms with Crippen LogP contribution in [0.3, 0.4) is 0 Å². The number of halogens is 9. The number of nitrogens with two attached hydrogens (primary N) is 2. The number of hydrogen-bond donors (Lipinski definition) is 5. The van der Waals surface area contributed by atoms with Crippen LogP contribution in [0.4, 0.5) is 28.9 Å². The van der Waals surface area contributed by atoms with E-state index in [9.17, 15) is 27.2 Å². The minimum Gasteiger partial charge on any atom is -0.544 e. The third-order valence-electron chi connectivity index (χ3n) is 5.76. The van der Waals surface area contributed by atoms with Gasteiger partial charge in [-0.15, -0.1) is 0 Å². The Balaban J connectivity index is 0. The molecule has 2 heterocycles. The molecule has 7 N–H and O–H groups in total. The van der Waals surface area contributed by atoms with Crippen LogP contribution in [0.1, 0.15) is 47.0 Å². The first-order valence-corrected chi connectivity index (χ1v) is 13.8. The Bertz CT molecular complexity index is 1810.